The summed E-state index contributed by atoms with van der Waals surface area (Å²) in [6, 6.07) is 9.94. The molecule has 2 amide bonds. The Kier molecular flexibility index (Phi) is 5.73. The molecule has 0 spiro atoms. The van der Waals surface area contributed by atoms with Crippen LogP contribution in [0.4, 0.5) is 5.69 Å². The van der Waals surface area contributed by atoms with Crippen LogP contribution in [0.2, 0.25) is 5.02 Å². The van der Waals surface area contributed by atoms with Crippen LogP contribution in [-0.4, -0.2) is 29.9 Å². The molecule has 2 N–H and O–H groups in total. The Bertz CT molecular complexity index is 819. The van der Waals surface area contributed by atoms with Crippen LogP contribution < -0.4 is 15.4 Å². The van der Waals surface area contributed by atoms with Gasteiger partial charge in [0.05, 0.1) is 12.1 Å². The van der Waals surface area contributed by atoms with Crippen molar-refractivity contribution in [2.24, 2.45) is 0 Å². The number of pyridine rings is 1. The maximum absolute atomic E-state index is 12.4. The smallest absolute Gasteiger partial charge is 0.274 e. The van der Waals surface area contributed by atoms with E-state index in [1.54, 1.807) is 36.4 Å². The van der Waals surface area contributed by atoms with Gasteiger partial charge in [-0.05, 0) is 43.2 Å². The second kappa shape index (κ2) is 8.19. The van der Waals surface area contributed by atoms with Crippen LogP contribution >= 0.6 is 11.6 Å². The van der Waals surface area contributed by atoms with Gasteiger partial charge in [-0.3, -0.25) is 9.59 Å². The van der Waals surface area contributed by atoms with Crippen LogP contribution in [0.15, 0.2) is 36.4 Å². The lowest BCUT2D eigenvalue weighted by molar-refractivity contribution is 0.0932. The number of hydrogen-bond donors (Lipinski definition) is 2. The average molecular weight is 374 g/mol. The number of carbonyl (C=O) groups is 2. The highest BCUT2D eigenvalue weighted by Crippen LogP contribution is 2.27. The van der Waals surface area contributed by atoms with Crippen molar-refractivity contribution in [3.8, 4) is 5.75 Å². The third-order valence-electron chi connectivity index (χ3n) is 4.31. The summed E-state index contributed by atoms with van der Waals surface area (Å²) in [6.45, 7) is 0. The van der Waals surface area contributed by atoms with Crippen molar-refractivity contribution in [1.29, 1.82) is 0 Å². The third-order valence-corrected chi connectivity index (χ3v) is 4.61. The zero-order valence-corrected chi connectivity index (χ0v) is 15.2. The SMILES string of the molecule is COc1ccc(NC(=O)c2cccc(C(=O)NC3CCCC3)n2)cc1Cl. The maximum atomic E-state index is 12.4. The molecular weight excluding hydrogens is 354 g/mol. The normalized spacial score (nSPS) is 14.1. The van der Waals surface area contributed by atoms with Crippen molar-refractivity contribution in [1.82, 2.24) is 10.3 Å². The molecule has 0 aliphatic heterocycles. The number of halogens is 1. The molecule has 1 aromatic heterocycles. The summed E-state index contributed by atoms with van der Waals surface area (Å²) in [5, 5.41) is 6.07. The number of methoxy groups -OCH3 is 1. The molecule has 6 nitrogen and oxygen atoms in total. The van der Waals surface area contributed by atoms with Crippen LogP contribution in [0.5, 0.6) is 5.75 Å². The second-order valence-electron chi connectivity index (χ2n) is 6.17. The number of nitrogens with zero attached hydrogens (tertiary/aromatic N) is 1. The standard InChI is InChI=1S/C19H20ClN3O3/c1-26-17-10-9-13(11-14(17)20)22-19(25)16-8-4-7-15(23-16)18(24)21-12-5-2-3-6-12/h4,7-12H,2-3,5-6H2,1H3,(H,21,24)(H,22,25). The van der Waals surface area contributed by atoms with Crippen molar-refractivity contribution in [2.75, 3.05) is 12.4 Å². The lowest BCUT2D eigenvalue weighted by Crippen LogP contribution is -2.33. The minimum absolute atomic E-state index is 0.163. The molecule has 1 aliphatic carbocycles. The Labute approximate surface area is 156 Å². The monoisotopic (exact) mass is 373 g/mol. The molecule has 1 aromatic carbocycles. The minimum atomic E-state index is -0.415. The number of benzene rings is 1. The van der Waals surface area contributed by atoms with Gasteiger partial charge in [0.15, 0.2) is 0 Å². The molecule has 26 heavy (non-hydrogen) atoms. The van der Waals surface area contributed by atoms with E-state index in [9.17, 15) is 9.59 Å². The van der Waals surface area contributed by atoms with Gasteiger partial charge in [-0.1, -0.05) is 30.5 Å². The first kappa shape index (κ1) is 18.2. The summed E-state index contributed by atoms with van der Waals surface area (Å²) in [5.74, 6) is -0.144. The van der Waals surface area contributed by atoms with E-state index in [0.29, 0.717) is 16.5 Å². The Hall–Kier alpha value is -2.60. The molecule has 1 fully saturated rings. The maximum Gasteiger partial charge on any atom is 0.274 e. The molecule has 3 rings (SSSR count). The van der Waals surface area contributed by atoms with E-state index in [4.69, 9.17) is 16.3 Å². The van der Waals surface area contributed by atoms with E-state index in [2.05, 4.69) is 15.6 Å². The number of hydrogen-bond acceptors (Lipinski definition) is 4. The minimum Gasteiger partial charge on any atom is -0.495 e. The Morgan fingerprint density at radius 2 is 1.81 bits per heavy atom. The van der Waals surface area contributed by atoms with Crippen LogP contribution in [0.1, 0.15) is 46.7 Å². The van der Waals surface area contributed by atoms with Gasteiger partial charge in [0.1, 0.15) is 17.1 Å². The molecule has 0 bridgehead atoms. The van der Waals surface area contributed by atoms with Gasteiger partial charge in [0.25, 0.3) is 11.8 Å². The number of carbonyl (C=O) groups excluding carboxylic acids is 2. The molecule has 1 aliphatic rings. The predicted molar refractivity (Wildman–Crippen MR) is 99.9 cm³/mol. The fraction of sp³-hybridized carbons (Fsp3) is 0.316. The second-order valence-corrected chi connectivity index (χ2v) is 6.57. The quantitative estimate of drug-likeness (QED) is 0.838. The number of aromatic nitrogens is 1. The van der Waals surface area contributed by atoms with E-state index in [0.717, 1.165) is 25.7 Å². The fourth-order valence-corrected chi connectivity index (χ4v) is 3.21. The number of anilines is 1. The van der Waals surface area contributed by atoms with E-state index >= 15 is 0 Å². The highest BCUT2D eigenvalue weighted by Gasteiger charge is 2.19. The number of rotatable bonds is 5. The molecular formula is C19H20ClN3O3. The summed E-state index contributed by atoms with van der Waals surface area (Å²) in [5.41, 5.74) is 0.914. The van der Waals surface area contributed by atoms with E-state index < -0.39 is 5.91 Å². The highest BCUT2D eigenvalue weighted by atomic mass is 35.5. The van der Waals surface area contributed by atoms with Gasteiger partial charge in [-0.15, -0.1) is 0 Å². The van der Waals surface area contributed by atoms with Crippen molar-refractivity contribution in [3.63, 3.8) is 0 Å². The summed E-state index contributed by atoms with van der Waals surface area (Å²) >= 11 is 6.06. The van der Waals surface area contributed by atoms with Gasteiger partial charge in [0, 0.05) is 11.7 Å². The summed E-state index contributed by atoms with van der Waals surface area (Å²) in [6.07, 6.45) is 4.24. The van der Waals surface area contributed by atoms with E-state index in [-0.39, 0.29) is 23.3 Å². The van der Waals surface area contributed by atoms with E-state index in [1.165, 1.54) is 7.11 Å². The first-order chi connectivity index (χ1) is 12.6. The van der Waals surface area contributed by atoms with Crippen LogP contribution in [-0.2, 0) is 0 Å². The van der Waals surface area contributed by atoms with Crippen molar-refractivity contribution < 1.29 is 14.3 Å². The first-order valence-corrected chi connectivity index (χ1v) is 8.87. The predicted octanol–water partition coefficient (Wildman–Crippen LogP) is 3.67. The van der Waals surface area contributed by atoms with Gasteiger partial charge < -0.3 is 15.4 Å². The number of ether oxygens (including phenoxy) is 1. The van der Waals surface area contributed by atoms with Gasteiger partial charge in [-0.25, -0.2) is 4.98 Å². The molecule has 1 heterocycles. The van der Waals surface area contributed by atoms with Gasteiger partial charge in [-0.2, -0.15) is 0 Å². The van der Waals surface area contributed by atoms with Crippen molar-refractivity contribution >= 4 is 29.1 Å². The highest BCUT2D eigenvalue weighted by molar-refractivity contribution is 6.32. The molecule has 0 radical (unpaired) electrons. The van der Waals surface area contributed by atoms with Gasteiger partial charge >= 0.3 is 0 Å². The largest absolute Gasteiger partial charge is 0.495 e. The Balaban J connectivity index is 1.69. The Morgan fingerprint density at radius 1 is 1.12 bits per heavy atom. The number of amides is 2. The average Bonchev–Trinajstić information content (AvgIpc) is 3.15. The molecule has 0 saturated heterocycles. The molecule has 136 valence electrons. The third kappa shape index (κ3) is 4.32. The summed E-state index contributed by atoms with van der Waals surface area (Å²) in [4.78, 5) is 28.9. The Morgan fingerprint density at radius 3 is 2.46 bits per heavy atom. The van der Waals surface area contributed by atoms with Crippen LogP contribution in [0.25, 0.3) is 0 Å². The lowest BCUT2D eigenvalue weighted by Gasteiger charge is -2.12. The summed E-state index contributed by atoms with van der Waals surface area (Å²) in [7, 11) is 1.52. The summed E-state index contributed by atoms with van der Waals surface area (Å²) < 4.78 is 5.08. The molecule has 0 unspecified atom stereocenters. The molecule has 0 atom stereocenters. The van der Waals surface area contributed by atoms with Crippen molar-refractivity contribution in [3.05, 3.63) is 52.8 Å². The zero-order valence-electron chi connectivity index (χ0n) is 14.4. The van der Waals surface area contributed by atoms with E-state index in [1.807, 2.05) is 0 Å². The molecule has 7 heteroatoms. The number of nitrogens with one attached hydrogen (secondary N) is 2. The van der Waals surface area contributed by atoms with Gasteiger partial charge in [0.2, 0.25) is 0 Å². The zero-order chi connectivity index (χ0) is 18.5. The first-order valence-electron chi connectivity index (χ1n) is 8.49. The topological polar surface area (TPSA) is 80.3 Å². The van der Waals surface area contributed by atoms with Crippen LogP contribution in [0, 0.1) is 0 Å². The molecule has 1 saturated carbocycles. The van der Waals surface area contributed by atoms with Crippen molar-refractivity contribution in [2.45, 2.75) is 31.7 Å². The fourth-order valence-electron chi connectivity index (χ4n) is 2.96. The molecule has 2 aromatic rings. The lowest BCUT2D eigenvalue weighted by atomic mass is 10.2. The van der Waals surface area contributed by atoms with Crippen LogP contribution in [0.3, 0.4) is 0 Å².